The van der Waals surface area contributed by atoms with Gasteiger partial charge in [-0.05, 0) is 30.4 Å². The number of thiophene rings is 1. The highest BCUT2D eigenvalue weighted by molar-refractivity contribution is 7.14. The minimum Gasteiger partial charge on any atom is -0.338 e. The molecule has 0 aromatic carbocycles. The largest absolute Gasteiger partial charge is 0.338 e. The summed E-state index contributed by atoms with van der Waals surface area (Å²) in [5.74, 6) is 5.94. The third-order valence-corrected chi connectivity index (χ3v) is 5.23. The molecule has 0 radical (unpaired) electrons. The van der Waals surface area contributed by atoms with E-state index in [0.29, 0.717) is 12.0 Å². The molecule has 0 atom stereocenters. The molecule has 1 aliphatic rings. The molecule has 1 aromatic heterocycles. The van der Waals surface area contributed by atoms with Gasteiger partial charge in [-0.25, -0.2) is 0 Å². The zero-order valence-corrected chi connectivity index (χ0v) is 13.1. The maximum Gasteiger partial charge on any atom is 0.263 e. The molecule has 1 amide bonds. The average molecular weight is 290 g/mol. The minimum atomic E-state index is 0.147. The number of piperidine rings is 1. The van der Waals surface area contributed by atoms with Crippen molar-refractivity contribution >= 4 is 17.2 Å². The van der Waals surface area contributed by atoms with Crippen LogP contribution in [0.2, 0.25) is 0 Å². The Balaban J connectivity index is 2.00. The molecule has 0 unspecified atom stereocenters. The molecule has 0 spiro atoms. The number of rotatable bonds is 2. The molecular weight excluding hydrogens is 268 g/mol. The fraction of sp³-hybridized carbons (Fsp3) is 0.562. The fourth-order valence-corrected chi connectivity index (χ4v) is 3.27. The molecular formula is C16H22N2OS. The Bertz CT molecular complexity index is 530. The van der Waals surface area contributed by atoms with Gasteiger partial charge in [-0.2, -0.15) is 0 Å². The number of carbonyl (C=O) groups excluding carboxylic acids is 1. The van der Waals surface area contributed by atoms with Gasteiger partial charge in [-0.1, -0.05) is 32.1 Å². The topological polar surface area (TPSA) is 46.3 Å². The van der Waals surface area contributed by atoms with E-state index < -0.39 is 0 Å². The summed E-state index contributed by atoms with van der Waals surface area (Å²) in [6, 6.07) is 3.78. The van der Waals surface area contributed by atoms with Crippen LogP contribution in [0.1, 0.15) is 47.7 Å². The predicted molar refractivity (Wildman–Crippen MR) is 83.8 cm³/mol. The first-order valence-corrected chi connectivity index (χ1v) is 7.98. The van der Waals surface area contributed by atoms with Gasteiger partial charge in [0.25, 0.3) is 5.91 Å². The number of carbonyl (C=O) groups is 1. The SMILES string of the molecule is CCC1(C)CCN(C(=O)c2ccc(C#CCN)s2)CC1. The number of hydrogen-bond donors (Lipinski definition) is 1. The van der Waals surface area contributed by atoms with Crippen LogP contribution in [0.3, 0.4) is 0 Å². The van der Waals surface area contributed by atoms with Gasteiger partial charge >= 0.3 is 0 Å². The van der Waals surface area contributed by atoms with Crippen LogP contribution in [0.15, 0.2) is 12.1 Å². The van der Waals surface area contributed by atoms with Gasteiger partial charge in [-0.3, -0.25) is 4.79 Å². The summed E-state index contributed by atoms with van der Waals surface area (Å²) in [5.41, 5.74) is 5.76. The molecule has 1 saturated heterocycles. The van der Waals surface area contributed by atoms with Crippen LogP contribution in [0, 0.1) is 17.3 Å². The van der Waals surface area contributed by atoms with Crippen molar-refractivity contribution in [2.45, 2.75) is 33.1 Å². The first-order chi connectivity index (χ1) is 9.58. The average Bonchev–Trinajstić information content (AvgIpc) is 2.94. The quantitative estimate of drug-likeness (QED) is 0.851. The van der Waals surface area contributed by atoms with Crippen molar-refractivity contribution in [2.75, 3.05) is 19.6 Å². The molecule has 0 saturated carbocycles. The van der Waals surface area contributed by atoms with Gasteiger partial charge in [-0.15, -0.1) is 11.3 Å². The van der Waals surface area contributed by atoms with Crippen LogP contribution in [0.4, 0.5) is 0 Å². The molecule has 1 fully saturated rings. The summed E-state index contributed by atoms with van der Waals surface area (Å²) in [7, 11) is 0. The Morgan fingerprint density at radius 1 is 1.45 bits per heavy atom. The van der Waals surface area contributed by atoms with Crippen LogP contribution >= 0.6 is 11.3 Å². The Morgan fingerprint density at radius 3 is 2.75 bits per heavy atom. The summed E-state index contributed by atoms with van der Waals surface area (Å²) in [5, 5.41) is 0. The van der Waals surface area contributed by atoms with Gasteiger partial charge in [0.15, 0.2) is 0 Å². The smallest absolute Gasteiger partial charge is 0.263 e. The second kappa shape index (κ2) is 6.43. The molecule has 108 valence electrons. The number of likely N-dealkylation sites (tertiary alicyclic amines) is 1. The van der Waals surface area contributed by atoms with E-state index >= 15 is 0 Å². The lowest BCUT2D eigenvalue weighted by Crippen LogP contribution is -2.41. The normalized spacial score (nSPS) is 17.4. The van der Waals surface area contributed by atoms with Crippen LogP contribution in [0.5, 0.6) is 0 Å². The van der Waals surface area contributed by atoms with Crippen molar-refractivity contribution in [3.8, 4) is 11.8 Å². The first-order valence-electron chi connectivity index (χ1n) is 7.16. The summed E-state index contributed by atoms with van der Waals surface area (Å²) >= 11 is 1.46. The summed E-state index contributed by atoms with van der Waals surface area (Å²) in [4.78, 5) is 16.1. The third-order valence-electron chi connectivity index (χ3n) is 4.24. The van der Waals surface area contributed by atoms with Crippen LogP contribution in [-0.4, -0.2) is 30.4 Å². The van der Waals surface area contributed by atoms with Gasteiger partial charge in [0.1, 0.15) is 0 Å². The third kappa shape index (κ3) is 3.41. The van der Waals surface area contributed by atoms with Gasteiger partial charge in [0.2, 0.25) is 0 Å². The van der Waals surface area contributed by atoms with Crippen LogP contribution in [-0.2, 0) is 0 Å². The highest BCUT2D eigenvalue weighted by Crippen LogP contribution is 2.34. The number of amides is 1. The molecule has 2 N–H and O–H groups in total. The molecule has 0 aliphatic carbocycles. The Labute approximate surface area is 125 Å². The van der Waals surface area contributed by atoms with Crippen molar-refractivity contribution < 1.29 is 4.79 Å². The lowest BCUT2D eigenvalue weighted by atomic mass is 9.78. The van der Waals surface area contributed by atoms with E-state index in [1.165, 1.54) is 17.8 Å². The van der Waals surface area contributed by atoms with Gasteiger partial charge in [0, 0.05) is 13.1 Å². The van der Waals surface area contributed by atoms with Crippen LogP contribution in [0.25, 0.3) is 0 Å². The zero-order valence-electron chi connectivity index (χ0n) is 12.2. The van der Waals surface area contributed by atoms with E-state index in [0.717, 1.165) is 35.7 Å². The monoisotopic (exact) mass is 290 g/mol. The lowest BCUT2D eigenvalue weighted by Gasteiger charge is -2.38. The lowest BCUT2D eigenvalue weighted by molar-refractivity contribution is 0.0605. The van der Waals surface area contributed by atoms with Crippen molar-refractivity contribution in [1.82, 2.24) is 4.90 Å². The highest BCUT2D eigenvalue weighted by atomic mass is 32.1. The molecule has 3 nitrogen and oxygen atoms in total. The molecule has 4 heteroatoms. The predicted octanol–water partition coefficient (Wildman–Crippen LogP) is 2.71. The van der Waals surface area contributed by atoms with E-state index in [4.69, 9.17) is 5.73 Å². The van der Waals surface area contributed by atoms with E-state index in [1.807, 2.05) is 17.0 Å². The number of hydrogen-bond acceptors (Lipinski definition) is 3. The Kier molecular flexibility index (Phi) is 4.85. The second-order valence-electron chi connectivity index (χ2n) is 5.63. The van der Waals surface area contributed by atoms with Crippen molar-refractivity contribution in [3.63, 3.8) is 0 Å². The van der Waals surface area contributed by atoms with Gasteiger partial charge in [0.05, 0.1) is 16.3 Å². The van der Waals surface area contributed by atoms with E-state index in [1.54, 1.807) is 0 Å². The zero-order chi connectivity index (χ0) is 14.6. The molecule has 1 aliphatic heterocycles. The number of nitrogens with two attached hydrogens (primary N) is 1. The van der Waals surface area contributed by atoms with Crippen LogP contribution < -0.4 is 5.73 Å². The maximum absolute atomic E-state index is 12.4. The first kappa shape index (κ1) is 15.1. The van der Waals surface area contributed by atoms with Crippen molar-refractivity contribution in [2.24, 2.45) is 11.1 Å². The Morgan fingerprint density at radius 2 is 2.15 bits per heavy atom. The molecule has 0 bridgehead atoms. The Hall–Kier alpha value is -1.31. The van der Waals surface area contributed by atoms with E-state index in [2.05, 4.69) is 25.7 Å². The number of nitrogens with zero attached hydrogens (tertiary/aromatic N) is 1. The van der Waals surface area contributed by atoms with E-state index in [9.17, 15) is 4.79 Å². The standard InChI is InChI=1S/C16H22N2OS/c1-3-16(2)8-11-18(12-9-16)15(19)14-7-6-13(20-14)5-4-10-17/h6-7H,3,8-12,17H2,1-2H3. The van der Waals surface area contributed by atoms with Crippen molar-refractivity contribution in [3.05, 3.63) is 21.9 Å². The maximum atomic E-state index is 12.4. The van der Waals surface area contributed by atoms with Gasteiger partial charge < -0.3 is 10.6 Å². The highest BCUT2D eigenvalue weighted by Gasteiger charge is 2.30. The van der Waals surface area contributed by atoms with E-state index in [-0.39, 0.29) is 5.91 Å². The molecule has 2 heterocycles. The molecule has 1 aromatic rings. The second-order valence-corrected chi connectivity index (χ2v) is 6.71. The summed E-state index contributed by atoms with van der Waals surface area (Å²) in [6.45, 7) is 6.64. The summed E-state index contributed by atoms with van der Waals surface area (Å²) in [6.07, 6.45) is 3.38. The minimum absolute atomic E-state index is 0.147. The summed E-state index contributed by atoms with van der Waals surface area (Å²) < 4.78 is 0. The molecule has 20 heavy (non-hydrogen) atoms. The molecule has 2 rings (SSSR count). The van der Waals surface area contributed by atoms with Crippen molar-refractivity contribution in [1.29, 1.82) is 0 Å². The fourth-order valence-electron chi connectivity index (χ4n) is 2.42.